The van der Waals surface area contributed by atoms with Crippen LogP contribution in [0.3, 0.4) is 0 Å². The number of hydrogen-bond acceptors (Lipinski definition) is 3. The summed E-state index contributed by atoms with van der Waals surface area (Å²) in [5.41, 5.74) is 2.03. The van der Waals surface area contributed by atoms with Gasteiger partial charge in [0.15, 0.2) is 5.69 Å². The van der Waals surface area contributed by atoms with Crippen molar-refractivity contribution in [1.82, 2.24) is 9.97 Å². The van der Waals surface area contributed by atoms with Crippen molar-refractivity contribution in [3.05, 3.63) is 47.0 Å². The van der Waals surface area contributed by atoms with Crippen LogP contribution in [0.25, 0.3) is 11.1 Å². The van der Waals surface area contributed by atoms with Crippen molar-refractivity contribution >= 4 is 17.6 Å². The molecule has 2 rings (SSSR count). The fourth-order valence-corrected chi connectivity index (χ4v) is 1.74. The first kappa shape index (κ1) is 11.5. The molecular formula is C12H9ClN2O2. The second-order valence-electron chi connectivity index (χ2n) is 3.56. The molecule has 17 heavy (non-hydrogen) atoms. The molecule has 4 nitrogen and oxygen atoms in total. The van der Waals surface area contributed by atoms with Crippen molar-refractivity contribution in [2.45, 2.75) is 6.92 Å². The van der Waals surface area contributed by atoms with Crippen molar-refractivity contribution in [2.75, 3.05) is 0 Å². The molecule has 0 radical (unpaired) electrons. The maximum absolute atomic E-state index is 11.1. The van der Waals surface area contributed by atoms with Gasteiger partial charge in [0, 0.05) is 0 Å². The maximum atomic E-state index is 11.1. The van der Waals surface area contributed by atoms with Crippen LogP contribution in [0.2, 0.25) is 5.15 Å². The standard InChI is InChI=1S/C12H9ClN2O2/c1-7-2-4-8(5-3-7)9-10(12(16)17)14-6-15-11(9)13/h2-6H,1H3,(H,16,17). The molecule has 86 valence electrons. The average molecular weight is 249 g/mol. The molecule has 2 aromatic rings. The highest BCUT2D eigenvalue weighted by Crippen LogP contribution is 2.28. The van der Waals surface area contributed by atoms with E-state index in [4.69, 9.17) is 16.7 Å². The zero-order valence-corrected chi connectivity index (χ0v) is 9.77. The minimum Gasteiger partial charge on any atom is -0.476 e. The number of aromatic nitrogens is 2. The van der Waals surface area contributed by atoms with E-state index in [1.807, 2.05) is 19.1 Å². The summed E-state index contributed by atoms with van der Waals surface area (Å²) in [6, 6.07) is 7.35. The van der Waals surface area contributed by atoms with Crippen LogP contribution in [0.4, 0.5) is 0 Å². The lowest BCUT2D eigenvalue weighted by Crippen LogP contribution is -2.04. The molecule has 1 aromatic carbocycles. The summed E-state index contributed by atoms with van der Waals surface area (Å²) in [5, 5.41) is 9.20. The third-order valence-corrected chi connectivity index (χ3v) is 2.63. The van der Waals surface area contributed by atoms with E-state index in [-0.39, 0.29) is 10.8 Å². The van der Waals surface area contributed by atoms with E-state index in [2.05, 4.69) is 9.97 Å². The Labute approximate surface area is 103 Å². The second kappa shape index (κ2) is 4.51. The summed E-state index contributed by atoms with van der Waals surface area (Å²) >= 11 is 5.93. The van der Waals surface area contributed by atoms with Crippen LogP contribution in [0.1, 0.15) is 16.1 Å². The van der Waals surface area contributed by atoms with Crippen LogP contribution < -0.4 is 0 Å². The number of rotatable bonds is 2. The molecule has 1 heterocycles. The van der Waals surface area contributed by atoms with Gasteiger partial charge in [0.05, 0.1) is 5.56 Å². The number of benzene rings is 1. The Morgan fingerprint density at radius 1 is 1.24 bits per heavy atom. The van der Waals surface area contributed by atoms with Crippen LogP contribution in [0.15, 0.2) is 30.6 Å². The van der Waals surface area contributed by atoms with Gasteiger partial charge in [-0.3, -0.25) is 0 Å². The molecule has 0 fully saturated rings. The highest BCUT2D eigenvalue weighted by molar-refractivity contribution is 6.32. The topological polar surface area (TPSA) is 63.1 Å². The Balaban J connectivity index is 2.65. The molecule has 0 aliphatic rings. The molecule has 1 N–H and O–H groups in total. The van der Waals surface area contributed by atoms with Gasteiger partial charge in [-0.25, -0.2) is 14.8 Å². The summed E-state index contributed by atoms with van der Waals surface area (Å²) in [5.74, 6) is -1.12. The van der Waals surface area contributed by atoms with Crippen LogP contribution in [-0.2, 0) is 0 Å². The van der Waals surface area contributed by atoms with E-state index >= 15 is 0 Å². The van der Waals surface area contributed by atoms with E-state index in [9.17, 15) is 4.79 Å². The van der Waals surface area contributed by atoms with Crippen LogP contribution >= 0.6 is 11.6 Å². The Hall–Kier alpha value is -1.94. The van der Waals surface area contributed by atoms with Crippen molar-refractivity contribution in [3.8, 4) is 11.1 Å². The lowest BCUT2D eigenvalue weighted by atomic mass is 10.0. The predicted molar refractivity (Wildman–Crippen MR) is 64.2 cm³/mol. The SMILES string of the molecule is Cc1ccc(-c2c(Cl)ncnc2C(=O)O)cc1. The minimum atomic E-state index is -1.12. The van der Waals surface area contributed by atoms with Crippen molar-refractivity contribution in [1.29, 1.82) is 0 Å². The molecule has 0 unspecified atom stereocenters. The number of carboxylic acids is 1. The normalized spacial score (nSPS) is 10.2. The van der Waals surface area contributed by atoms with E-state index in [0.717, 1.165) is 11.9 Å². The highest BCUT2D eigenvalue weighted by atomic mass is 35.5. The molecule has 0 amide bonds. The molecule has 0 saturated heterocycles. The Morgan fingerprint density at radius 3 is 2.47 bits per heavy atom. The smallest absolute Gasteiger partial charge is 0.355 e. The fraction of sp³-hybridized carbons (Fsp3) is 0.0833. The quantitative estimate of drug-likeness (QED) is 0.830. The van der Waals surface area contributed by atoms with Gasteiger partial charge in [-0.1, -0.05) is 41.4 Å². The molecule has 0 aliphatic carbocycles. The zero-order valence-electron chi connectivity index (χ0n) is 9.01. The molecule has 0 saturated carbocycles. The molecule has 0 atom stereocenters. The maximum Gasteiger partial charge on any atom is 0.355 e. The molecule has 1 aromatic heterocycles. The number of aromatic carboxylic acids is 1. The molecular weight excluding hydrogens is 240 g/mol. The van der Waals surface area contributed by atoms with Gasteiger partial charge in [0.2, 0.25) is 0 Å². The van der Waals surface area contributed by atoms with Gasteiger partial charge in [-0.15, -0.1) is 0 Å². The number of aryl methyl sites for hydroxylation is 1. The molecule has 0 aliphatic heterocycles. The van der Waals surface area contributed by atoms with Gasteiger partial charge < -0.3 is 5.11 Å². The Kier molecular flexibility index (Phi) is 3.06. The van der Waals surface area contributed by atoms with Gasteiger partial charge >= 0.3 is 5.97 Å². The first-order chi connectivity index (χ1) is 8.09. The van der Waals surface area contributed by atoms with E-state index in [1.54, 1.807) is 12.1 Å². The second-order valence-corrected chi connectivity index (χ2v) is 3.92. The van der Waals surface area contributed by atoms with Crippen molar-refractivity contribution in [2.24, 2.45) is 0 Å². The summed E-state index contributed by atoms with van der Waals surface area (Å²) < 4.78 is 0. The average Bonchev–Trinajstić information content (AvgIpc) is 2.30. The lowest BCUT2D eigenvalue weighted by molar-refractivity contribution is 0.0691. The van der Waals surface area contributed by atoms with Crippen LogP contribution in [0.5, 0.6) is 0 Å². The van der Waals surface area contributed by atoms with E-state index < -0.39 is 5.97 Å². The van der Waals surface area contributed by atoms with Gasteiger partial charge in [0.25, 0.3) is 0 Å². The van der Waals surface area contributed by atoms with Gasteiger partial charge in [-0.05, 0) is 12.5 Å². The van der Waals surface area contributed by atoms with Gasteiger partial charge in [0.1, 0.15) is 11.5 Å². The minimum absolute atomic E-state index is 0.0890. The van der Waals surface area contributed by atoms with Crippen molar-refractivity contribution in [3.63, 3.8) is 0 Å². The molecule has 5 heteroatoms. The lowest BCUT2D eigenvalue weighted by Gasteiger charge is -2.06. The van der Waals surface area contributed by atoms with Crippen molar-refractivity contribution < 1.29 is 9.90 Å². The van der Waals surface area contributed by atoms with E-state index in [1.165, 1.54) is 0 Å². The third kappa shape index (κ3) is 2.26. The summed E-state index contributed by atoms with van der Waals surface area (Å²) in [7, 11) is 0. The summed E-state index contributed by atoms with van der Waals surface area (Å²) in [6.45, 7) is 1.95. The number of carbonyl (C=O) groups is 1. The number of hydrogen-bond donors (Lipinski definition) is 1. The number of nitrogens with zero attached hydrogens (tertiary/aromatic N) is 2. The summed E-state index contributed by atoms with van der Waals surface area (Å²) in [6.07, 6.45) is 1.14. The highest BCUT2D eigenvalue weighted by Gasteiger charge is 2.17. The monoisotopic (exact) mass is 248 g/mol. The first-order valence-corrected chi connectivity index (χ1v) is 5.28. The first-order valence-electron chi connectivity index (χ1n) is 4.90. The van der Waals surface area contributed by atoms with Crippen LogP contribution in [0, 0.1) is 6.92 Å². The Morgan fingerprint density at radius 2 is 1.88 bits per heavy atom. The largest absolute Gasteiger partial charge is 0.476 e. The predicted octanol–water partition coefficient (Wildman–Crippen LogP) is 2.80. The number of halogens is 1. The Bertz CT molecular complexity index is 567. The third-order valence-electron chi connectivity index (χ3n) is 2.34. The molecule has 0 bridgehead atoms. The molecule has 0 spiro atoms. The summed E-state index contributed by atoms with van der Waals surface area (Å²) in [4.78, 5) is 18.6. The van der Waals surface area contributed by atoms with Gasteiger partial charge in [-0.2, -0.15) is 0 Å². The number of carboxylic acid groups (broad SMARTS) is 1. The zero-order chi connectivity index (χ0) is 12.4. The fourth-order valence-electron chi connectivity index (χ4n) is 1.50. The van der Waals surface area contributed by atoms with Crippen LogP contribution in [-0.4, -0.2) is 21.0 Å². The van der Waals surface area contributed by atoms with E-state index in [0.29, 0.717) is 11.1 Å².